The van der Waals surface area contributed by atoms with E-state index in [4.69, 9.17) is 11.6 Å². The number of carbonyl (C=O) groups excluding carboxylic acids is 1. The number of likely N-dealkylation sites (N-methyl/N-ethyl adjacent to an activating group) is 1. The lowest BCUT2D eigenvalue weighted by molar-refractivity contribution is -0.139. The fourth-order valence-corrected chi connectivity index (χ4v) is 3.16. The van der Waals surface area contributed by atoms with E-state index in [0.717, 1.165) is 0 Å². The maximum atomic E-state index is 12.9. The molecular weight excluding hydrogens is 356 g/mol. The second kappa shape index (κ2) is 7.17. The summed E-state index contributed by atoms with van der Waals surface area (Å²) >= 11 is 6.16. The van der Waals surface area contributed by atoms with Gasteiger partial charge in [-0.15, -0.1) is 0 Å². The fraction of sp³-hybridized carbons (Fsp3) is 0.211. The van der Waals surface area contributed by atoms with E-state index in [1.165, 1.54) is 17.0 Å². The summed E-state index contributed by atoms with van der Waals surface area (Å²) in [6, 6.07) is 10.5. The van der Waals surface area contributed by atoms with Gasteiger partial charge in [-0.05, 0) is 49.4 Å². The van der Waals surface area contributed by atoms with Crippen molar-refractivity contribution in [2.24, 2.45) is 4.99 Å². The number of phenols is 1. The monoisotopic (exact) mass is 372 g/mol. The highest BCUT2D eigenvalue weighted by molar-refractivity contribution is 6.32. The van der Waals surface area contributed by atoms with Crippen LogP contribution in [0, 0.1) is 0 Å². The molecule has 0 saturated carbocycles. The largest absolute Gasteiger partial charge is 0.508 e. The molecule has 1 aliphatic rings. The van der Waals surface area contributed by atoms with Crippen LogP contribution in [0.25, 0.3) is 0 Å². The minimum atomic E-state index is -1.10. The van der Waals surface area contributed by atoms with Crippen molar-refractivity contribution in [3.8, 4) is 5.75 Å². The zero-order valence-corrected chi connectivity index (χ0v) is 14.8. The average Bonchev–Trinajstić information content (AvgIpc) is 2.70. The number of anilines is 1. The van der Waals surface area contributed by atoms with E-state index in [9.17, 15) is 19.8 Å². The molecule has 1 heterocycles. The molecule has 1 atom stereocenters. The topological polar surface area (TPSA) is 90.2 Å². The highest BCUT2D eigenvalue weighted by Gasteiger charge is 2.32. The minimum absolute atomic E-state index is 0.0997. The van der Waals surface area contributed by atoms with Crippen LogP contribution in [-0.2, 0) is 9.59 Å². The number of carboxylic acids is 1. The number of hydrogen-bond donors (Lipinski definition) is 2. The van der Waals surface area contributed by atoms with Crippen molar-refractivity contribution in [2.45, 2.75) is 19.4 Å². The Labute approximate surface area is 155 Å². The van der Waals surface area contributed by atoms with Gasteiger partial charge in [0.2, 0.25) is 0 Å². The molecule has 0 radical (unpaired) electrons. The first-order chi connectivity index (χ1) is 12.4. The Kier molecular flexibility index (Phi) is 4.95. The molecule has 134 valence electrons. The number of fused-ring (bicyclic) bond motifs is 1. The number of hydrogen-bond acceptors (Lipinski definition) is 4. The van der Waals surface area contributed by atoms with E-state index in [-0.39, 0.29) is 11.7 Å². The number of benzene rings is 2. The Morgan fingerprint density at radius 2 is 1.92 bits per heavy atom. The number of benzodiazepines with no additional fused rings is 1. The zero-order valence-electron chi connectivity index (χ0n) is 14.0. The van der Waals surface area contributed by atoms with Gasteiger partial charge in [0.05, 0.1) is 17.8 Å². The van der Waals surface area contributed by atoms with Crippen LogP contribution in [-0.4, -0.2) is 40.4 Å². The fourth-order valence-electron chi connectivity index (χ4n) is 2.99. The van der Waals surface area contributed by atoms with Crippen LogP contribution in [0.5, 0.6) is 5.75 Å². The van der Waals surface area contributed by atoms with Crippen LogP contribution in [0.4, 0.5) is 5.69 Å². The van der Waals surface area contributed by atoms with Gasteiger partial charge in [0.15, 0.2) is 0 Å². The van der Waals surface area contributed by atoms with Gasteiger partial charge in [0, 0.05) is 22.7 Å². The molecular formula is C19H17ClN2O4. The van der Waals surface area contributed by atoms with E-state index in [0.29, 0.717) is 34.1 Å². The van der Waals surface area contributed by atoms with Gasteiger partial charge in [-0.2, -0.15) is 0 Å². The molecule has 0 spiro atoms. The number of rotatable bonds is 4. The molecule has 0 fully saturated rings. The predicted molar refractivity (Wildman–Crippen MR) is 99.3 cm³/mol. The van der Waals surface area contributed by atoms with Gasteiger partial charge in [-0.1, -0.05) is 11.6 Å². The van der Waals surface area contributed by atoms with Crippen LogP contribution >= 0.6 is 11.6 Å². The third-order valence-electron chi connectivity index (χ3n) is 4.17. The first-order valence-electron chi connectivity index (χ1n) is 8.11. The van der Waals surface area contributed by atoms with Crippen molar-refractivity contribution in [1.82, 2.24) is 0 Å². The number of aliphatic carboxylic acids is 1. The maximum Gasteiger partial charge on any atom is 0.306 e. The van der Waals surface area contributed by atoms with E-state index in [2.05, 4.69) is 4.99 Å². The Morgan fingerprint density at radius 1 is 1.23 bits per heavy atom. The van der Waals surface area contributed by atoms with Crippen LogP contribution < -0.4 is 4.90 Å². The van der Waals surface area contributed by atoms with Crippen molar-refractivity contribution < 1.29 is 19.8 Å². The maximum absolute atomic E-state index is 12.9. The van der Waals surface area contributed by atoms with Crippen molar-refractivity contribution in [2.75, 3.05) is 11.4 Å². The molecule has 0 saturated heterocycles. The number of carbonyl (C=O) groups is 2. The summed E-state index contributed by atoms with van der Waals surface area (Å²) in [7, 11) is 0. The third kappa shape index (κ3) is 3.41. The van der Waals surface area contributed by atoms with Gasteiger partial charge in [-0.25, -0.2) is 0 Å². The van der Waals surface area contributed by atoms with Crippen LogP contribution in [0.1, 0.15) is 24.5 Å². The summed E-state index contributed by atoms with van der Waals surface area (Å²) in [5, 5.41) is 19.2. The number of carboxylic acid groups (broad SMARTS) is 1. The molecule has 0 aromatic heterocycles. The molecule has 6 nitrogen and oxygen atoms in total. The zero-order chi connectivity index (χ0) is 18.8. The lowest BCUT2D eigenvalue weighted by Crippen LogP contribution is -2.38. The van der Waals surface area contributed by atoms with E-state index in [1.54, 1.807) is 30.3 Å². The molecule has 7 heteroatoms. The summed E-state index contributed by atoms with van der Waals surface area (Å²) in [6.45, 7) is 2.20. The number of nitrogens with zero attached hydrogens (tertiary/aromatic N) is 2. The molecule has 2 N–H and O–H groups in total. The smallest absolute Gasteiger partial charge is 0.306 e. The first kappa shape index (κ1) is 17.9. The van der Waals surface area contributed by atoms with Gasteiger partial charge in [0.1, 0.15) is 11.8 Å². The molecule has 26 heavy (non-hydrogen) atoms. The quantitative estimate of drug-likeness (QED) is 0.862. The lowest BCUT2D eigenvalue weighted by atomic mass is 10.00. The van der Waals surface area contributed by atoms with Crippen LogP contribution in [0.2, 0.25) is 5.02 Å². The van der Waals surface area contributed by atoms with E-state index < -0.39 is 18.4 Å². The number of aromatic hydroxyl groups is 1. The summed E-state index contributed by atoms with van der Waals surface area (Å²) in [6.07, 6.45) is -0.404. The third-order valence-corrected chi connectivity index (χ3v) is 4.40. The van der Waals surface area contributed by atoms with Crippen molar-refractivity contribution in [3.63, 3.8) is 0 Å². The Bertz CT molecular complexity index is 893. The molecule has 1 unspecified atom stereocenters. The molecule has 2 aromatic carbocycles. The Morgan fingerprint density at radius 3 is 2.54 bits per heavy atom. The van der Waals surface area contributed by atoms with E-state index in [1.807, 2.05) is 6.92 Å². The van der Waals surface area contributed by atoms with Gasteiger partial charge in [0.25, 0.3) is 5.91 Å². The van der Waals surface area contributed by atoms with E-state index >= 15 is 0 Å². The average molecular weight is 373 g/mol. The number of aliphatic imine (C=N–C) groups is 1. The summed E-state index contributed by atoms with van der Waals surface area (Å²) in [5.41, 5.74) is 2.40. The molecule has 1 amide bonds. The van der Waals surface area contributed by atoms with Gasteiger partial charge < -0.3 is 15.1 Å². The molecule has 1 aliphatic heterocycles. The second-order valence-electron chi connectivity index (χ2n) is 5.88. The molecule has 3 rings (SSSR count). The lowest BCUT2D eigenvalue weighted by Gasteiger charge is -2.23. The molecule has 2 aromatic rings. The summed E-state index contributed by atoms with van der Waals surface area (Å²) < 4.78 is 0. The SMILES string of the molecule is CCN1C(=O)C(CC(=O)O)N=C(c2ccc(O)cc2)c2cc(Cl)ccc21. The Hall–Kier alpha value is -2.86. The van der Waals surface area contributed by atoms with Crippen molar-refractivity contribution >= 4 is 34.9 Å². The molecule has 0 aliphatic carbocycles. The Balaban J connectivity index is 2.25. The van der Waals surface area contributed by atoms with Gasteiger partial charge >= 0.3 is 5.97 Å². The highest BCUT2D eigenvalue weighted by atomic mass is 35.5. The number of phenolic OH excluding ortho intramolecular Hbond substituents is 1. The summed E-state index contributed by atoms with van der Waals surface area (Å²) in [5.74, 6) is -1.37. The molecule has 0 bridgehead atoms. The number of amides is 1. The summed E-state index contributed by atoms with van der Waals surface area (Å²) in [4.78, 5) is 30.1. The van der Waals surface area contributed by atoms with Crippen LogP contribution in [0.15, 0.2) is 47.5 Å². The van der Waals surface area contributed by atoms with Crippen molar-refractivity contribution in [3.05, 3.63) is 58.6 Å². The standard InChI is InChI=1S/C19H17ClN2O4/c1-2-22-16-8-5-12(20)9-14(16)18(11-3-6-13(23)7-4-11)21-15(19(22)26)10-17(24)25/h3-9,15,23H,2,10H2,1H3,(H,24,25). The normalized spacial score (nSPS) is 16.7. The van der Waals surface area contributed by atoms with Crippen LogP contribution in [0.3, 0.4) is 0 Å². The second-order valence-corrected chi connectivity index (χ2v) is 6.32. The number of halogens is 1. The highest BCUT2D eigenvalue weighted by Crippen LogP contribution is 2.31. The minimum Gasteiger partial charge on any atom is -0.508 e. The predicted octanol–water partition coefficient (Wildman–Crippen LogP) is 3.09. The van der Waals surface area contributed by atoms with Gasteiger partial charge in [-0.3, -0.25) is 14.6 Å². The first-order valence-corrected chi connectivity index (χ1v) is 8.48. The van der Waals surface area contributed by atoms with Crippen molar-refractivity contribution in [1.29, 1.82) is 0 Å².